The Kier molecular flexibility index (Phi) is 36.6. The molecule has 141 heavy (non-hydrogen) atoms. The Labute approximate surface area is 875 Å². The van der Waals surface area contributed by atoms with Crippen LogP contribution in [0.4, 0.5) is 0 Å². The minimum atomic E-state index is 0.0885. The van der Waals surface area contributed by atoms with Gasteiger partial charge in [-0.1, -0.05) is 102 Å². The number of hydrogen-bond donors (Lipinski definition) is 0. The van der Waals surface area contributed by atoms with Crippen molar-refractivity contribution < 1.29 is 53.8 Å². The minimum Gasteiger partial charge on any atom is -0.244 e. The zero-order chi connectivity index (χ0) is 104. The Balaban J connectivity index is 0.000000142. The molecule has 0 aliphatic carbocycles. The Hall–Kier alpha value is -0.960. The van der Waals surface area contributed by atoms with E-state index in [4.69, 9.17) is 0 Å². The molecular formula is C117H246N24+12. The Morgan fingerprint density at radius 2 is 0.582 bits per heavy atom. The molecule has 18 rings (SSSR count). The highest BCUT2D eigenvalue weighted by molar-refractivity contribution is 5.03. The summed E-state index contributed by atoms with van der Waals surface area (Å²) in [6.07, 6.45) is 33.2. The van der Waals surface area contributed by atoms with E-state index < -0.39 is 0 Å². The van der Waals surface area contributed by atoms with Gasteiger partial charge in [0.2, 0.25) is 0 Å². The molecule has 0 radical (unpaired) electrons. The van der Waals surface area contributed by atoms with Crippen LogP contribution in [-0.4, -0.2) is 539 Å². The van der Waals surface area contributed by atoms with E-state index in [1.165, 1.54) is 395 Å². The van der Waals surface area contributed by atoms with Crippen molar-refractivity contribution in [3.8, 4) is 0 Å². The summed E-state index contributed by atoms with van der Waals surface area (Å²) in [7, 11) is 30.1. The van der Waals surface area contributed by atoms with Crippen molar-refractivity contribution in [2.24, 2.45) is 0 Å². The molecule has 0 bridgehead atoms. The van der Waals surface area contributed by atoms with Crippen molar-refractivity contribution in [3.63, 3.8) is 0 Å². The van der Waals surface area contributed by atoms with Crippen LogP contribution in [0.2, 0.25) is 0 Å². The van der Waals surface area contributed by atoms with Crippen LogP contribution in [0.5, 0.6) is 0 Å². The van der Waals surface area contributed by atoms with E-state index in [1.807, 2.05) is 0 Å². The normalized spacial score (nSPS) is 43.5. The van der Waals surface area contributed by atoms with Crippen molar-refractivity contribution in [1.82, 2.24) is 58.8 Å². The summed E-state index contributed by atoms with van der Waals surface area (Å²) in [6, 6.07) is 10.7. The van der Waals surface area contributed by atoms with Crippen LogP contribution in [0, 0.1) is 0 Å². The number of nitrogens with zero attached hydrogens (tertiary/aromatic N) is 24. The predicted octanol–water partition coefficient (Wildman–Crippen LogP) is 16.2. The molecule has 0 aromatic heterocycles. The van der Waals surface area contributed by atoms with E-state index in [0.29, 0.717) is 48.3 Å². The lowest BCUT2D eigenvalue weighted by Gasteiger charge is -2.57. The number of rotatable bonds is 24. The minimum absolute atomic E-state index is 0.0885. The third kappa shape index (κ3) is 16.1. The molecule has 0 amide bonds. The topological polar surface area (TPSA) is 38.9 Å². The van der Waals surface area contributed by atoms with Crippen LogP contribution < -0.4 is 0 Å². The Bertz CT molecular complexity index is 3950. The summed E-state index contributed by atoms with van der Waals surface area (Å²) in [6.45, 7) is 108. The number of hydrogen-bond acceptors (Lipinski definition) is 12. The molecule has 18 aliphatic heterocycles. The second-order valence-electron chi connectivity index (χ2n) is 53.6. The second-order valence-corrected chi connectivity index (χ2v) is 53.6. The van der Waals surface area contributed by atoms with Crippen molar-refractivity contribution in [1.29, 1.82) is 0 Å². The van der Waals surface area contributed by atoms with E-state index in [0.717, 1.165) is 70.9 Å². The molecule has 18 aliphatic rings. The van der Waals surface area contributed by atoms with Gasteiger partial charge in [0.15, 0.2) is 0 Å². The lowest BCUT2D eigenvalue weighted by Crippen LogP contribution is -2.83. The molecular weight excluding hydrogens is 1740 g/mol. The first-order chi connectivity index (χ1) is 66.8. The first-order valence-electron chi connectivity index (χ1n) is 62.0. The van der Waals surface area contributed by atoms with Crippen LogP contribution >= 0.6 is 0 Å². The van der Waals surface area contributed by atoms with E-state index in [9.17, 15) is 0 Å². The average molecular weight is 1990 g/mol. The van der Waals surface area contributed by atoms with Gasteiger partial charge >= 0.3 is 35.5 Å². The molecule has 0 aromatic carbocycles. The average Bonchev–Trinajstić information content (AvgIpc) is 1.71. The molecule has 18 saturated heterocycles. The molecule has 0 N–H and O–H groups in total. The first-order valence-corrected chi connectivity index (χ1v) is 62.0. The molecule has 24 nitrogen and oxygen atoms in total. The summed E-state index contributed by atoms with van der Waals surface area (Å²) in [5, 5.41) is 0. The highest BCUT2D eigenvalue weighted by Gasteiger charge is 2.87. The van der Waals surface area contributed by atoms with Gasteiger partial charge in [-0.25, -0.2) is 53.8 Å². The quantitative estimate of drug-likeness (QED) is 0.0865. The first kappa shape index (κ1) is 117. The number of fused-ring (bicyclic) bond motifs is 6. The lowest BCUT2D eigenvalue weighted by atomic mass is 10.1. The third-order valence-electron chi connectivity index (χ3n) is 47.1. The second kappa shape index (κ2) is 44.1. The van der Waals surface area contributed by atoms with Crippen molar-refractivity contribution in [2.75, 3.05) is 301 Å². The fourth-order valence-corrected chi connectivity index (χ4v) is 42.1. The van der Waals surface area contributed by atoms with Crippen molar-refractivity contribution in [2.45, 2.75) is 467 Å². The SMILES string of the molecule is CC1C[N+]2(CCCC2)C2(N(C)CC(C)[N+]23CCCC3)N1C.CCC1C[N+]2(CCCC2)C2(N(C)CC(CC)[N+]23CCCC3)N1C.CCC1C[N@@+](C)(CC)C2(N(CC)CC(CC)[N@@+]2(C)CC)N1C(C)C.CCCC1C[N+]2(CCCC2)C2(N(C)CC(CCC)[N+]23CCCC3)N1C.CCCC1C[N@@+](C)(CC)C2(N(CC)CC(CCC)[N@@+]2(C)CC)N1C(C)C.CCN1CC(C)[N@@+](C)(CC)C12N(C(C)C)C(C)C[N@@+]2(C)CC. The maximum Gasteiger partial charge on any atom is 0.357 e. The maximum absolute atomic E-state index is 2.97. The van der Waals surface area contributed by atoms with Crippen LogP contribution in [-0.2, 0) is 0 Å². The van der Waals surface area contributed by atoms with Crippen molar-refractivity contribution in [3.05, 3.63) is 0 Å². The summed E-state index contributed by atoms with van der Waals surface area (Å²) >= 11 is 0. The van der Waals surface area contributed by atoms with Gasteiger partial charge in [-0.15, -0.1) is 0 Å². The molecule has 822 valence electrons. The van der Waals surface area contributed by atoms with Gasteiger partial charge in [-0.05, 0) is 149 Å². The van der Waals surface area contributed by atoms with E-state index in [-0.39, 0.29) is 35.5 Å². The zero-order valence-corrected chi connectivity index (χ0v) is 102. The number of likely N-dealkylation sites (N-methyl/N-ethyl adjacent to an activating group) is 15. The van der Waals surface area contributed by atoms with Gasteiger partial charge < -0.3 is 0 Å². The van der Waals surface area contributed by atoms with E-state index >= 15 is 0 Å². The third-order valence-corrected chi connectivity index (χ3v) is 47.1. The largest absolute Gasteiger partial charge is 0.357 e. The van der Waals surface area contributed by atoms with Crippen molar-refractivity contribution >= 4 is 0 Å². The molecule has 24 atom stereocenters. The smallest absolute Gasteiger partial charge is 0.244 e. The predicted molar refractivity (Wildman–Crippen MR) is 594 cm³/mol. The molecule has 18 fully saturated rings. The molecule has 12 spiro atoms. The monoisotopic (exact) mass is 1990 g/mol. The molecule has 24 heteroatoms. The van der Waals surface area contributed by atoms with Gasteiger partial charge in [0, 0.05) is 170 Å². The van der Waals surface area contributed by atoms with Crippen LogP contribution in [0.15, 0.2) is 0 Å². The fourth-order valence-electron chi connectivity index (χ4n) is 42.1. The zero-order valence-electron chi connectivity index (χ0n) is 102. The maximum atomic E-state index is 2.97. The van der Waals surface area contributed by atoms with E-state index in [2.05, 4.69) is 330 Å². The molecule has 0 saturated carbocycles. The summed E-state index contributed by atoms with van der Waals surface area (Å²) in [5.41, 5.74) is 0. The van der Waals surface area contributed by atoms with Gasteiger partial charge in [-0.3, -0.25) is 0 Å². The van der Waals surface area contributed by atoms with Crippen LogP contribution in [0.3, 0.4) is 0 Å². The highest BCUT2D eigenvalue weighted by Crippen LogP contribution is 2.63. The summed E-state index contributed by atoms with van der Waals surface area (Å²) in [4.78, 5) is 34.4. The Morgan fingerprint density at radius 3 is 0.986 bits per heavy atom. The van der Waals surface area contributed by atoms with Gasteiger partial charge in [-0.2, -0.15) is 58.8 Å². The number of quaternary nitrogens is 12. The van der Waals surface area contributed by atoms with Gasteiger partial charge in [0.05, 0.1) is 236 Å². The van der Waals surface area contributed by atoms with Gasteiger partial charge in [0.25, 0.3) is 0 Å². The van der Waals surface area contributed by atoms with Crippen LogP contribution in [0.25, 0.3) is 0 Å². The lowest BCUT2D eigenvalue weighted by molar-refractivity contribution is -1.17. The van der Waals surface area contributed by atoms with Crippen LogP contribution in [0.1, 0.15) is 341 Å². The van der Waals surface area contributed by atoms with E-state index in [1.54, 1.807) is 0 Å². The van der Waals surface area contributed by atoms with Gasteiger partial charge in [0.1, 0.15) is 75.5 Å². The summed E-state index contributed by atoms with van der Waals surface area (Å²) in [5.74, 6) is 0.998. The molecule has 18 unspecified atom stereocenters. The highest BCUT2D eigenvalue weighted by atomic mass is 15.9. The molecule has 0 aromatic rings. The standard InChI is InChI=1S/C22H48N4.C21H42N4.C20H44N4.C19H38N4.C18H40N4.C17H34N4/c1-10-15-20-18-25(8,13-4)22(24(20)19(6)7)23(12-3)17-21(16-11-2)26(22,9)14-5;1-5-11-19-18-24(13-7-8-14-24)21(23(19)4)22(3)17-20(12-6-2)25(21)15-9-10-16-25;1-10-18-16-23(8,13-4)20(22(18)17(6)7)21(12-3)15-19(11-2)24(20,9)14-5;1-5-17-16-22(11-7-8-12-22)19(21(17)4)20(3)15-18(6-2)23(19)13-9-10-14-23;1-10-19-13-17(7)22(9,12-3)18(19)20(15(4)5)16(6)14-21(18,8)11-2;1-15-14-20(9-5-6-10-20)17(19(15)4)18(3)13-16(2)21(17)11-7-8-12-21/h19-21H,10-18H2,1-9H3;19-20H,5-18H2,1-4H3;17-19H,10-16H2,1-9H3;17-18H,5-16H2,1-4H3;15-17H,10-14H2,1-9H3;15-16H,5-14H2,1-4H3/q6*+2/t20?,21?,22?,25-,26-;;18?,19?,20?,23-,24-;;16?,17?,18?,21-,22-;/m1.1.1./s1. The Morgan fingerprint density at radius 1 is 0.255 bits per heavy atom. The fraction of sp³-hybridized carbons (Fsp3) is 1.00. The summed E-state index contributed by atoms with van der Waals surface area (Å²) < 4.78 is 15.3. The molecule has 18 heterocycles.